The molecule has 2 aromatic rings. The number of aliphatic carboxylic acids is 1. The van der Waals surface area contributed by atoms with Crippen LogP contribution in [-0.4, -0.2) is 73.6 Å². The molecule has 2 aliphatic heterocycles. The van der Waals surface area contributed by atoms with Gasteiger partial charge in [0.25, 0.3) is 0 Å². The zero-order chi connectivity index (χ0) is 29.9. The molecular weight excluding hydrogens is 547 g/mol. The van der Waals surface area contributed by atoms with E-state index in [1.807, 2.05) is 25.3 Å². The lowest BCUT2D eigenvalue weighted by Crippen LogP contribution is -2.40. The second-order valence-electron chi connectivity index (χ2n) is 12.1. The lowest BCUT2D eigenvalue weighted by molar-refractivity contribution is -0.148. The zero-order valence-corrected chi connectivity index (χ0v) is 24.5. The van der Waals surface area contributed by atoms with Crippen molar-refractivity contribution in [3.05, 3.63) is 47.2 Å². The van der Waals surface area contributed by atoms with E-state index in [2.05, 4.69) is 22.0 Å². The molecule has 1 aromatic carbocycles. The maximum Gasteiger partial charge on any atom is 0.401 e. The molecule has 0 saturated carbocycles. The predicted octanol–water partition coefficient (Wildman–Crippen LogP) is 6.27. The number of likely N-dealkylation sites (tertiary alicyclic amines) is 1. The molecule has 0 amide bonds. The third-order valence-electron chi connectivity index (χ3n) is 9.45. The molecule has 0 spiro atoms. The summed E-state index contributed by atoms with van der Waals surface area (Å²) in [4.78, 5) is 20.2. The van der Waals surface area contributed by atoms with Gasteiger partial charge >= 0.3 is 12.1 Å². The number of carboxylic acids is 1. The molecule has 2 unspecified atom stereocenters. The summed E-state index contributed by atoms with van der Waals surface area (Å²) < 4.78 is 50.3. The first-order valence-corrected chi connectivity index (χ1v) is 15.2. The summed E-state index contributed by atoms with van der Waals surface area (Å²) >= 11 is 0. The molecule has 3 aliphatic rings. The Balaban J connectivity index is 1.18. The molecule has 7 nitrogen and oxygen atoms in total. The van der Waals surface area contributed by atoms with Crippen molar-refractivity contribution in [3.63, 3.8) is 0 Å². The van der Waals surface area contributed by atoms with Crippen molar-refractivity contribution in [2.24, 2.45) is 11.8 Å². The second-order valence-corrected chi connectivity index (χ2v) is 12.1. The van der Waals surface area contributed by atoms with Crippen molar-refractivity contribution < 1.29 is 32.5 Å². The summed E-state index contributed by atoms with van der Waals surface area (Å²) in [5.41, 5.74) is 4.51. The number of fused-ring (bicyclic) bond motifs is 1. The Bertz CT molecular complexity index is 1220. The van der Waals surface area contributed by atoms with Gasteiger partial charge in [-0.1, -0.05) is 13.0 Å². The van der Waals surface area contributed by atoms with E-state index in [-0.39, 0.29) is 17.8 Å². The smallest absolute Gasteiger partial charge is 0.401 e. The number of aromatic nitrogens is 1. The van der Waals surface area contributed by atoms with Crippen LogP contribution in [0.5, 0.6) is 11.6 Å². The molecule has 0 bridgehead atoms. The van der Waals surface area contributed by atoms with E-state index in [1.54, 1.807) is 7.11 Å². The van der Waals surface area contributed by atoms with Gasteiger partial charge in [-0.15, -0.1) is 0 Å². The number of pyridine rings is 1. The summed E-state index contributed by atoms with van der Waals surface area (Å²) in [7, 11) is 1.65. The second kappa shape index (κ2) is 13.1. The van der Waals surface area contributed by atoms with E-state index in [9.17, 15) is 23.1 Å². The number of ether oxygens (including phenoxy) is 2. The van der Waals surface area contributed by atoms with Crippen LogP contribution in [0.4, 0.5) is 18.9 Å². The number of rotatable bonds is 10. The van der Waals surface area contributed by atoms with Gasteiger partial charge in [-0.25, -0.2) is 4.98 Å². The first kappa shape index (κ1) is 30.4. The quantitative estimate of drug-likeness (QED) is 0.350. The Hall–Kier alpha value is -3.01. The number of hydrogen-bond acceptors (Lipinski definition) is 6. The Morgan fingerprint density at radius 1 is 1.07 bits per heavy atom. The molecule has 5 rings (SSSR count). The molecular formula is C32H42F3N3O4. The van der Waals surface area contributed by atoms with E-state index >= 15 is 0 Å². The number of alkyl halides is 3. The largest absolute Gasteiger partial charge is 0.497 e. The van der Waals surface area contributed by atoms with Gasteiger partial charge in [0, 0.05) is 37.1 Å². The molecule has 3 heterocycles. The highest BCUT2D eigenvalue weighted by molar-refractivity contribution is 5.71. The van der Waals surface area contributed by atoms with Crippen LogP contribution in [0, 0.1) is 11.8 Å². The monoisotopic (exact) mass is 589 g/mol. The van der Waals surface area contributed by atoms with E-state index < -0.39 is 18.7 Å². The first-order chi connectivity index (χ1) is 20.1. The standard InChI is InChI=1S/C32H42F3N3O4/c1-3-25(31(39)40)27-6-4-23-18-36-30(17-28(23)27)42-19-21-8-14-38(15-9-21)29-16-24(41-2)5-7-26(29)22-10-12-37(13-11-22)20-32(33,34)35/h5,7,16-18,21-22,25,27H,3-4,6,8-15,19-20H2,1-2H3,(H,39,40). The summed E-state index contributed by atoms with van der Waals surface area (Å²) in [6.07, 6.45) is 3.29. The SMILES string of the molecule is CCC(C(=O)O)C1CCc2cnc(OCC3CCN(c4cc(OC)ccc4C4CCN(CC(F)(F)F)CC4)CC3)cc21. The molecule has 1 aliphatic carbocycles. The summed E-state index contributed by atoms with van der Waals surface area (Å²) in [5, 5.41) is 9.68. The van der Waals surface area contributed by atoms with Gasteiger partial charge in [0.05, 0.1) is 26.2 Å². The Kier molecular flexibility index (Phi) is 9.50. The number of halogens is 3. The summed E-state index contributed by atoms with van der Waals surface area (Å²) in [6.45, 7) is 4.26. The minimum atomic E-state index is -4.16. The van der Waals surface area contributed by atoms with Crippen LogP contribution in [0.15, 0.2) is 30.5 Å². The fourth-order valence-electron chi connectivity index (χ4n) is 7.10. The average Bonchev–Trinajstić information content (AvgIpc) is 3.39. The van der Waals surface area contributed by atoms with Crippen molar-refractivity contribution in [1.82, 2.24) is 9.88 Å². The van der Waals surface area contributed by atoms with Crippen LogP contribution in [-0.2, 0) is 11.2 Å². The van der Waals surface area contributed by atoms with Gasteiger partial charge in [0.2, 0.25) is 5.88 Å². The molecule has 1 aromatic heterocycles. The lowest BCUT2D eigenvalue weighted by atomic mass is 9.86. The van der Waals surface area contributed by atoms with E-state index in [4.69, 9.17) is 9.47 Å². The van der Waals surface area contributed by atoms with Crippen molar-refractivity contribution in [3.8, 4) is 11.6 Å². The molecule has 1 N–H and O–H groups in total. The number of hydrogen-bond donors (Lipinski definition) is 1. The third-order valence-corrected chi connectivity index (χ3v) is 9.45. The van der Waals surface area contributed by atoms with Gasteiger partial charge in [0.1, 0.15) is 5.75 Å². The average molecular weight is 590 g/mol. The van der Waals surface area contributed by atoms with Gasteiger partial charge in [-0.3, -0.25) is 9.69 Å². The lowest BCUT2D eigenvalue weighted by Gasteiger charge is -2.38. The maximum absolute atomic E-state index is 12.9. The third kappa shape index (κ3) is 7.13. The van der Waals surface area contributed by atoms with Crippen LogP contribution in [0.1, 0.15) is 74.0 Å². The van der Waals surface area contributed by atoms with E-state index in [0.29, 0.717) is 50.8 Å². The van der Waals surface area contributed by atoms with Gasteiger partial charge in [-0.05, 0) is 98.5 Å². The highest BCUT2D eigenvalue weighted by atomic mass is 19.4. The van der Waals surface area contributed by atoms with E-state index in [1.165, 1.54) is 10.5 Å². The van der Waals surface area contributed by atoms with Crippen molar-refractivity contribution >= 4 is 11.7 Å². The number of benzene rings is 1. The highest BCUT2D eigenvalue weighted by Crippen LogP contribution is 2.41. The van der Waals surface area contributed by atoms with Gasteiger partial charge in [-0.2, -0.15) is 13.2 Å². The summed E-state index contributed by atoms with van der Waals surface area (Å²) in [5.74, 6) is 0.809. The Morgan fingerprint density at radius 3 is 2.45 bits per heavy atom. The fraction of sp³-hybridized carbons (Fsp3) is 0.625. The van der Waals surface area contributed by atoms with Gasteiger partial charge < -0.3 is 19.5 Å². The van der Waals surface area contributed by atoms with Crippen LogP contribution in [0.2, 0.25) is 0 Å². The van der Waals surface area contributed by atoms with Gasteiger partial charge in [0.15, 0.2) is 0 Å². The Morgan fingerprint density at radius 2 is 1.81 bits per heavy atom. The predicted molar refractivity (Wildman–Crippen MR) is 155 cm³/mol. The molecule has 2 saturated heterocycles. The van der Waals surface area contributed by atoms with Crippen molar-refractivity contribution in [2.75, 3.05) is 51.3 Å². The molecule has 42 heavy (non-hydrogen) atoms. The fourth-order valence-corrected chi connectivity index (χ4v) is 7.10. The number of nitrogens with zero attached hydrogens (tertiary/aromatic N) is 3. The maximum atomic E-state index is 12.9. The molecule has 230 valence electrons. The summed E-state index contributed by atoms with van der Waals surface area (Å²) in [6, 6.07) is 8.07. The van der Waals surface area contributed by atoms with Crippen molar-refractivity contribution in [2.45, 2.75) is 69.9 Å². The topological polar surface area (TPSA) is 75.1 Å². The number of aryl methyl sites for hydroxylation is 1. The van der Waals surface area contributed by atoms with E-state index in [0.717, 1.165) is 61.3 Å². The zero-order valence-electron chi connectivity index (χ0n) is 24.5. The number of carbonyl (C=O) groups is 1. The van der Waals surface area contributed by atoms with Crippen LogP contribution >= 0.6 is 0 Å². The number of piperidine rings is 2. The highest BCUT2D eigenvalue weighted by Gasteiger charge is 2.35. The molecule has 10 heteroatoms. The van der Waals surface area contributed by atoms with Crippen LogP contribution < -0.4 is 14.4 Å². The first-order valence-electron chi connectivity index (χ1n) is 15.2. The Labute approximate surface area is 246 Å². The normalized spacial score (nSPS) is 21.3. The van der Waals surface area contributed by atoms with Crippen LogP contribution in [0.3, 0.4) is 0 Å². The van der Waals surface area contributed by atoms with Crippen LogP contribution in [0.25, 0.3) is 0 Å². The number of anilines is 1. The number of carboxylic acid groups (broad SMARTS) is 1. The van der Waals surface area contributed by atoms with Crippen molar-refractivity contribution in [1.29, 1.82) is 0 Å². The molecule has 0 radical (unpaired) electrons. The minimum Gasteiger partial charge on any atom is -0.497 e. The molecule has 2 atom stereocenters. The molecule has 2 fully saturated rings. The number of methoxy groups -OCH3 is 1. The minimum absolute atomic E-state index is 0.00465.